The highest BCUT2D eigenvalue weighted by molar-refractivity contribution is 5.92. The zero-order valence-electron chi connectivity index (χ0n) is 15.8. The summed E-state index contributed by atoms with van der Waals surface area (Å²) in [5.41, 5.74) is 0.624. The van der Waals surface area contributed by atoms with E-state index < -0.39 is 0 Å². The lowest BCUT2D eigenvalue weighted by Gasteiger charge is -2.12. The average molecular weight is 378 g/mol. The van der Waals surface area contributed by atoms with E-state index in [1.54, 1.807) is 38.4 Å². The molecule has 0 unspecified atom stereocenters. The normalized spacial score (nSPS) is 10.4. The summed E-state index contributed by atoms with van der Waals surface area (Å²) >= 11 is 0. The summed E-state index contributed by atoms with van der Waals surface area (Å²) in [5.74, 6) is 0.816. The molecule has 3 aromatic carbocycles. The molecule has 1 N–H and O–H groups in total. The molecule has 144 valence electrons. The van der Waals surface area contributed by atoms with Gasteiger partial charge < -0.3 is 19.7 Å². The second-order valence-electron chi connectivity index (χ2n) is 6.45. The Labute approximate surface area is 163 Å². The number of rotatable bonds is 7. The van der Waals surface area contributed by atoms with Crippen molar-refractivity contribution in [1.29, 1.82) is 0 Å². The van der Waals surface area contributed by atoms with E-state index in [0.29, 0.717) is 17.2 Å². The van der Waals surface area contributed by atoms with Gasteiger partial charge in [-0.2, -0.15) is 0 Å². The van der Waals surface area contributed by atoms with Crippen LogP contribution in [0.2, 0.25) is 0 Å². The molecule has 0 radical (unpaired) electrons. The summed E-state index contributed by atoms with van der Waals surface area (Å²) in [6.45, 7) is -0.119. The fourth-order valence-corrected chi connectivity index (χ4v) is 2.51. The molecule has 6 nitrogen and oxygen atoms in total. The molecule has 3 aromatic rings. The molecule has 0 fully saturated rings. The summed E-state index contributed by atoms with van der Waals surface area (Å²) in [7, 11) is 3.34. The van der Waals surface area contributed by atoms with Crippen LogP contribution in [0.4, 0.5) is 5.69 Å². The minimum atomic E-state index is -0.260. The minimum absolute atomic E-state index is 0.0295. The van der Waals surface area contributed by atoms with Crippen LogP contribution in [0, 0.1) is 0 Å². The molecular weight excluding hydrogens is 356 g/mol. The van der Waals surface area contributed by atoms with E-state index in [2.05, 4.69) is 5.32 Å². The quantitative estimate of drug-likeness (QED) is 0.685. The number of nitrogens with zero attached hydrogens (tertiary/aromatic N) is 1. The van der Waals surface area contributed by atoms with Gasteiger partial charge in [-0.25, -0.2) is 0 Å². The predicted octanol–water partition coefficient (Wildman–Crippen LogP) is 3.32. The molecule has 0 aliphatic rings. The van der Waals surface area contributed by atoms with Crippen molar-refractivity contribution in [2.24, 2.45) is 0 Å². The predicted molar refractivity (Wildman–Crippen MR) is 109 cm³/mol. The number of amides is 2. The lowest BCUT2D eigenvalue weighted by atomic mass is 10.1. The van der Waals surface area contributed by atoms with Gasteiger partial charge in [0.05, 0.1) is 0 Å². The van der Waals surface area contributed by atoms with Crippen molar-refractivity contribution in [2.75, 3.05) is 32.6 Å². The summed E-state index contributed by atoms with van der Waals surface area (Å²) in [5, 5.41) is 4.94. The van der Waals surface area contributed by atoms with E-state index in [0.717, 1.165) is 10.8 Å². The highest BCUT2D eigenvalue weighted by atomic mass is 16.5. The van der Waals surface area contributed by atoms with E-state index in [9.17, 15) is 9.59 Å². The van der Waals surface area contributed by atoms with E-state index in [1.165, 1.54) is 4.90 Å². The van der Waals surface area contributed by atoms with Gasteiger partial charge in [-0.3, -0.25) is 9.59 Å². The fourth-order valence-electron chi connectivity index (χ4n) is 2.51. The van der Waals surface area contributed by atoms with Crippen LogP contribution in [0.3, 0.4) is 0 Å². The van der Waals surface area contributed by atoms with E-state index in [4.69, 9.17) is 9.47 Å². The number of ether oxygens (including phenoxy) is 2. The highest BCUT2D eigenvalue weighted by Crippen LogP contribution is 2.20. The van der Waals surface area contributed by atoms with Crippen LogP contribution in [0.5, 0.6) is 11.5 Å². The maximum absolute atomic E-state index is 12.1. The zero-order valence-corrected chi connectivity index (χ0v) is 15.8. The number of anilines is 1. The van der Waals surface area contributed by atoms with Gasteiger partial charge in [-0.1, -0.05) is 30.3 Å². The number of fused-ring (bicyclic) bond motifs is 1. The molecule has 0 aliphatic carbocycles. The maximum atomic E-state index is 12.1. The van der Waals surface area contributed by atoms with Crippen molar-refractivity contribution < 1.29 is 19.1 Å². The first kappa shape index (κ1) is 19.2. The highest BCUT2D eigenvalue weighted by Gasteiger charge is 2.07. The van der Waals surface area contributed by atoms with Crippen LogP contribution in [0.15, 0.2) is 66.7 Å². The Balaban J connectivity index is 1.49. The van der Waals surface area contributed by atoms with Gasteiger partial charge >= 0.3 is 0 Å². The molecule has 0 saturated heterocycles. The number of benzene rings is 3. The molecule has 3 rings (SSSR count). The number of carbonyl (C=O) groups excluding carboxylic acids is 2. The summed E-state index contributed by atoms with van der Waals surface area (Å²) < 4.78 is 11.0. The summed E-state index contributed by atoms with van der Waals surface area (Å²) in [6, 6.07) is 20.5. The molecular formula is C22H22N2O4. The number of nitrogens with one attached hydrogen (secondary N) is 1. The van der Waals surface area contributed by atoms with Crippen LogP contribution < -0.4 is 14.8 Å². The van der Waals surface area contributed by atoms with Crippen LogP contribution in [0.1, 0.15) is 0 Å². The minimum Gasteiger partial charge on any atom is -0.484 e. The average Bonchev–Trinajstić information content (AvgIpc) is 2.71. The third kappa shape index (κ3) is 5.23. The van der Waals surface area contributed by atoms with Gasteiger partial charge in [-0.05, 0) is 47.2 Å². The van der Waals surface area contributed by atoms with Gasteiger partial charge in [0, 0.05) is 19.8 Å². The number of hydrogen-bond acceptors (Lipinski definition) is 4. The van der Waals surface area contributed by atoms with Crippen LogP contribution in [-0.4, -0.2) is 44.0 Å². The Morgan fingerprint density at radius 1 is 0.821 bits per heavy atom. The molecule has 0 aliphatic heterocycles. The molecule has 6 heteroatoms. The van der Waals surface area contributed by atoms with Gasteiger partial charge in [0.2, 0.25) is 0 Å². The largest absolute Gasteiger partial charge is 0.484 e. The summed E-state index contributed by atoms with van der Waals surface area (Å²) in [6.07, 6.45) is 0. The third-order valence-electron chi connectivity index (χ3n) is 4.09. The van der Waals surface area contributed by atoms with Gasteiger partial charge in [0.25, 0.3) is 11.8 Å². The maximum Gasteiger partial charge on any atom is 0.262 e. The Morgan fingerprint density at radius 2 is 1.46 bits per heavy atom. The van der Waals surface area contributed by atoms with Crippen molar-refractivity contribution in [3.63, 3.8) is 0 Å². The first-order valence-electron chi connectivity index (χ1n) is 8.86. The Kier molecular flexibility index (Phi) is 6.11. The first-order chi connectivity index (χ1) is 13.5. The van der Waals surface area contributed by atoms with E-state index in [-0.39, 0.29) is 25.0 Å². The lowest BCUT2D eigenvalue weighted by molar-refractivity contribution is -0.130. The Bertz CT molecular complexity index is 968. The van der Waals surface area contributed by atoms with Crippen LogP contribution >= 0.6 is 0 Å². The van der Waals surface area contributed by atoms with Gasteiger partial charge in [0.1, 0.15) is 11.5 Å². The van der Waals surface area contributed by atoms with Crippen LogP contribution in [-0.2, 0) is 9.59 Å². The van der Waals surface area contributed by atoms with E-state index in [1.807, 2.05) is 42.5 Å². The summed E-state index contributed by atoms with van der Waals surface area (Å²) in [4.78, 5) is 25.1. The van der Waals surface area contributed by atoms with Crippen molar-refractivity contribution in [3.8, 4) is 11.5 Å². The monoisotopic (exact) mass is 378 g/mol. The number of likely N-dealkylation sites (N-methyl/N-ethyl adjacent to an activating group) is 1. The topological polar surface area (TPSA) is 67.9 Å². The Hall–Kier alpha value is -3.54. The third-order valence-corrected chi connectivity index (χ3v) is 4.09. The number of carbonyl (C=O) groups is 2. The molecule has 28 heavy (non-hydrogen) atoms. The molecule has 0 atom stereocenters. The standard InChI is InChI=1S/C22H22N2O4/c1-24(2)22(26)15-28-19-11-8-18(9-12-19)23-21(25)14-27-20-10-7-16-5-3-4-6-17(16)13-20/h3-13H,14-15H2,1-2H3,(H,23,25). The molecule has 0 bridgehead atoms. The fraction of sp³-hybridized carbons (Fsp3) is 0.182. The molecule has 0 heterocycles. The van der Waals surface area contributed by atoms with Crippen molar-refractivity contribution in [2.45, 2.75) is 0 Å². The smallest absolute Gasteiger partial charge is 0.262 e. The van der Waals surface area contributed by atoms with Crippen LogP contribution in [0.25, 0.3) is 10.8 Å². The second-order valence-corrected chi connectivity index (χ2v) is 6.45. The number of hydrogen-bond donors (Lipinski definition) is 1. The Morgan fingerprint density at radius 3 is 2.18 bits per heavy atom. The van der Waals surface area contributed by atoms with Gasteiger partial charge in [-0.15, -0.1) is 0 Å². The SMILES string of the molecule is CN(C)C(=O)COc1ccc(NC(=O)COc2ccc3ccccc3c2)cc1. The molecule has 0 spiro atoms. The lowest BCUT2D eigenvalue weighted by Crippen LogP contribution is -2.27. The zero-order chi connectivity index (χ0) is 19.9. The molecule has 0 aromatic heterocycles. The van der Waals surface area contributed by atoms with Crippen molar-refractivity contribution >= 4 is 28.3 Å². The second kappa shape index (κ2) is 8.90. The van der Waals surface area contributed by atoms with E-state index >= 15 is 0 Å². The molecule has 0 saturated carbocycles. The van der Waals surface area contributed by atoms with Crippen molar-refractivity contribution in [1.82, 2.24) is 4.90 Å². The van der Waals surface area contributed by atoms with Gasteiger partial charge in [0.15, 0.2) is 13.2 Å². The molecule has 2 amide bonds. The first-order valence-corrected chi connectivity index (χ1v) is 8.86. The van der Waals surface area contributed by atoms with Crippen molar-refractivity contribution in [3.05, 3.63) is 66.7 Å².